The van der Waals surface area contributed by atoms with Crippen LogP contribution in [0.3, 0.4) is 0 Å². The van der Waals surface area contributed by atoms with Gasteiger partial charge in [0.25, 0.3) is 0 Å². The summed E-state index contributed by atoms with van der Waals surface area (Å²) in [6.45, 7) is 19.0. The van der Waals surface area contributed by atoms with Gasteiger partial charge in [-0.1, -0.05) is 63.5 Å². The lowest BCUT2D eigenvalue weighted by molar-refractivity contribution is 0.225. The Morgan fingerprint density at radius 1 is 1.30 bits per heavy atom. The molecule has 2 rings (SSSR count). The summed E-state index contributed by atoms with van der Waals surface area (Å²) in [7, 11) is -2.46. The Labute approximate surface area is 207 Å². The van der Waals surface area contributed by atoms with Crippen molar-refractivity contribution in [3.63, 3.8) is 0 Å². The molecule has 0 unspecified atom stereocenters. The van der Waals surface area contributed by atoms with Gasteiger partial charge in [-0.15, -0.1) is 0 Å². The van der Waals surface area contributed by atoms with E-state index in [9.17, 15) is 9.59 Å². The van der Waals surface area contributed by atoms with E-state index < -0.39 is 13.7 Å². The molecule has 1 aromatic rings. The minimum absolute atomic E-state index is 0.0706. The third kappa shape index (κ3) is 7.31. The number of benzene rings is 1. The zero-order chi connectivity index (χ0) is 25.0. The van der Waals surface area contributed by atoms with Gasteiger partial charge in [-0.2, -0.15) is 0 Å². The van der Waals surface area contributed by atoms with Crippen LogP contribution >= 0.6 is 11.6 Å². The largest absolute Gasteiger partial charge is 0.432 e. The fourth-order valence-electron chi connectivity index (χ4n) is 4.77. The lowest BCUT2D eigenvalue weighted by Gasteiger charge is -2.38. The van der Waals surface area contributed by atoms with E-state index in [1.807, 2.05) is 19.2 Å². The van der Waals surface area contributed by atoms with Gasteiger partial charge in [0.2, 0.25) is 0 Å². The van der Waals surface area contributed by atoms with Gasteiger partial charge in [0.05, 0.1) is 0 Å². The van der Waals surface area contributed by atoms with E-state index in [4.69, 9.17) is 16.3 Å². The van der Waals surface area contributed by atoms with Crippen molar-refractivity contribution < 1.29 is 14.3 Å². The molecule has 0 bridgehead atoms. The van der Waals surface area contributed by atoms with Gasteiger partial charge in [0.15, 0.2) is 8.32 Å². The summed E-state index contributed by atoms with van der Waals surface area (Å²) in [6, 6.07) is 4.29. The number of rotatable bonds is 10. The molecule has 1 aromatic carbocycles. The molecular formula is C28H43ClO3Si. The van der Waals surface area contributed by atoms with E-state index in [2.05, 4.69) is 53.3 Å². The van der Waals surface area contributed by atoms with E-state index in [-0.39, 0.29) is 16.9 Å². The first kappa shape index (κ1) is 27.9. The molecule has 0 amide bonds. The van der Waals surface area contributed by atoms with Crippen molar-refractivity contribution in [2.45, 2.75) is 104 Å². The Morgan fingerprint density at radius 3 is 2.52 bits per heavy atom. The van der Waals surface area contributed by atoms with Gasteiger partial charge in [-0.3, -0.25) is 0 Å². The number of allylic oxidation sites excluding steroid dienone is 3. The maximum Gasteiger partial charge on any atom is 0.409 e. The first-order chi connectivity index (χ1) is 15.3. The highest BCUT2D eigenvalue weighted by atomic mass is 35.5. The molecule has 0 aliphatic heterocycles. The molecule has 0 radical (unpaired) electrons. The predicted octanol–water partition coefficient (Wildman–Crippen LogP) is 8.69. The lowest BCUT2D eigenvalue weighted by atomic mass is 9.72. The van der Waals surface area contributed by atoms with Crippen molar-refractivity contribution in [2.24, 2.45) is 5.92 Å². The minimum Gasteiger partial charge on any atom is -0.432 e. The Morgan fingerprint density at radius 2 is 1.97 bits per heavy atom. The quantitative estimate of drug-likeness (QED) is 0.154. The Hall–Kier alpha value is -1.36. The smallest absolute Gasteiger partial charge is 0.409 e. The second-order valence-electron chi connectivity index (χ2n) is 11.1. The van der Waals surface area contributed by atoms with Crippen LogP contribution in [0, 0.1) is 5.92 Å². The molecule has 1 aliphatic rings. The number of unbranched alkanes of at least 4 members (excludes halogenated alkanes) is 2. The first-order valence-corrected chi connectivity index (χ1v) is 15.7. The molecule has 3 nitrogen and oxygen atoms in total. The number of halogens is 1. The van der Waals surface area contributed by atoms with Crippen molar-refractivity contribution in [1.82, 2.24) is 0 Å². The highest BCUT2D eigenvalue weighted by molar-refractivity contribution is 6.72. The fraction of sp³-hybridized carbons (Fsp3) is 0.607. The van der Waals surface area contributed by atoms with Crippen molar-refractivity contribution >= 4 is 25.3 Å². The van der Waals surface area contributed by atoms with Crippen LogP contribution in [0.15, 0.2) is 35.9 Å². The summed E-state index contributed by atoms with van der Waals surface area (Å²) in [5.74, 6) is 0.907. The van der Waals surface area contributed by atoms with Crippen LogP contribution in [0.2, 0.25) is 18.1 Å². The molecule has 33 heavy (non-hydrogen) atoms. The number of carbonyl (C=O) groups is 1. The lowest BCUT2D eigenvalue weighted by Crippen LogP contribution is -2.40. The van der Waals surface area contributed by atoms with Crippen molar-refractivity contribution in [3.05, 3.63) is 52.6 Å². The average molecular weight is 491 g/mol. The first-order valence-electron chi connectivity index (χ1n) is 12.3. The van der Waals surface area contributed by atoms with Gasteiger partial charge in [0.1, 0.15) is 5.75 Å². The Bertz CT molecular complexity index is 895. The van der Waals surface area contributed by atoms with Crippen LogP contribution in [0.5, 0.6) is 5.75 Å². The van der Waals surface area contributed by atoms with Crippen molar-refractivity contribution in [3.8, 4) is 5.75 Å². The summed E-state index contributed by atoms with van der Waals surface area (Å²) in [4.78, 5) is 23.0. The highest BCUT2D eigenvalue weighted by Crippen LogP contribution is 2.48. The maximum absolute atomic E-state index is 11.9. The second kappa shape index (κ2) is 11.4. The molecule has 0 spiro atoms. The SMILES string of the molecule is C=C(C)[C@@H]1CCC(C)=C[C@H]1c1c(CC(C)(C)[Si](C)(C)O)cc(CCCCC)cc1OC(=O)Cl. The third-order valence-corrected chi connectivity index (χ3v) is 11.1. The maximum atomic E-state index is 11.9. The second-order valence-corrected chi connectivity index (χ2v) is 15.9. The van der Waals surface area contributed by atoms with Gasteiger partial charge in [-0.25, -0.2) is 4.79 Å². The van der Waals surface area contributed by atoms with Crippen LogP contribution in [-0.4, -0.2) is 18.5 Å². The average Bonchev–Trinajstić information content (AvgIpc) is 2.66. The molecule has 0 heterocycles. The standard InChI is InChI=1S/C28H43ClO3Si/c1-9-10-11-12-21-16-22(18-28(5,6)33(7,8)31)26(25(17-21)32-27(29)30)24-15-20(4)13-14-23(24)19(2)3/h15-17,23-24,31H,2,9-14,18H2,1,3-8H3/t23-,24+/m0/s1. The van der Waals surface area contributed by atoms with E-state index in [1.54, 1.807) is 0 Å². The summed E-state index contributed by atoms with van der Waals surface area (Å²) >= 11 is 5.76. The van der Waals surface area contributed by atoms with E-state index in [0.717, 1.165) is 67.2 Å². The van der Waals surface area contributed by atoms with Crippen LogP contribution in [0.1, 0.15) is 89.3 Å². The van der Waals surface area contributed by atoms with E-state index >= 15 is 0 Å². The molecule has 0 fully saturated rings. The predicted molar refractivity (Wildman–Crippen MR) is 143 cm³/mol. The normalized spacial score (nSPS) is 19.2. The summed E-state index contributed by atoms with van der Waals surface area (Å²) < 4.78 is 5.67. The van der Waals surface area contributed by atoms with E-state index in [1.165, 1.54) is 5.57 Å². The number of hydrogen-bond acceptors (Lipinski definition) is 3. The highest BCUT2D eigenvalue weighted by Gasteiger charge is 2.40. The van der Waals surface area contributed by atoms with Gasteiger partial charge in [0, 0.05) is 23.1 Å². The third-order valence-electron chi connectivity index (χ3n) is 7.55. The molecule has 5 heteroatoms. The molecule has 1 N–H and O–H groups in total. The van der Waals surface area contributed by atoms with Crippen LogP contribution in [0.25, 0.3) is 0 Å². The molecular weight excluding hydrogens is 448 g/mol. The molecule has 1 aliphatic carbocycles. The van der Waals surface area contributed by atoms with Crippen molar-refractivity contribution in [2.75, 3.05) is 0 Å². The van der Waals surface area contributed by atoms with Crippen LogP contribution in [0.4, 0.5) is 4.79 Å². The zero-order valence-corrected chi connectivity index (χ0v) is 23.4. The number of aryl methyl sites for hydroxylation is 1. The monoisotopic (exact) mass is 490 g/mol. The molecule has 0 aromatic heterocycles. The topological polar surface area (TPSA) is 46.5 Å². The number of ether oxygens (including phenoxy) is 1. The van der Waals surface area contributed by atoms with Crippen LogP contribution in [-0.2, 0) is 12.8 Å². The molecule has 0 saturated heterocycles. The molecule has 2 atom stereocenters. The summed E-state index contributed by atoms with van der Waals surface area (Å²) in [6.07, 6.45) is 9.44. The molecule has 184 valence electrons. The zero-order valence-electron chi connectivity index (χ0n) is 21.7. The Balaban J connectivity index is 2.75. The number of hydrogen-bond donors (Lipinski definition) is 1. The van der Waals surface area contributed by atoms with Gasteiger partial charge < -0.3 is 9.53 Å². The van der Waals surface area contributed by atoms with Crippen molar-refractivity contribution in [1.29, 1.82) is 0 Å². The summed E-state index contributed by atoms with van der Waals surface area (Å²) in [5, 5.41) is -0.252. The van der Waals surface area contributed by atoms with E-state index in [0.29, 0.717) is 5.75 Å². The van der Waals surface area contributed by atoms with Gasteiger partial charge >= 0.3 is 5.43 Å². The summed E-state index contributed by atoms with van der Waals surface area (Å²) in [5.41, 5.74) is 5.01. The van der Waals surface area contributed by atoms with Crippen LogP contribution < -0.4 is 4.74 Å². The van der Waals surface area contributed by atoms with Gasteiger partial charge in [-0.05, 0) is 87.2 Å². The Kier molecular flexibility index (Phi) is 9.61. The molecule has 0 saturated carbocycles. The number of carbonyl (C=O) groups excluding carboxylic acids is 1. The fourth-order valence-corrected chi connectivity index (χ4v) is 5.47. The minimum atomic E-state index is -2.46.